The molecule has 0 aromatic heterocycles. The predicted molar refractivity (Wildman–Crippen MR) is 70.0 cm³/mol. The summed E-state index contributed by atoms with van der Waals surface area (Å²) in [6.07, 6.45) is 2.55. The van der Waals surface area contributed by atoms with Crippen molar-refractivity contribution in [3.8, 4) is 0 Å². The van der Waals surface area contributed by atoms with Crippen LogP contribution < -0.4 is 0 Å². The van der Waals surface area contributed by atoms with Gasteiger partial charge in [0.25, 0.3) is 0 Å². The number of hydrogen-bond donors (Lipinski definition) is 1. The fourth-order valence-corrected chi connectivity index (χ4v) is 2.06. The maximum Gasteiger partial charge on any atom is 0.147 e. The molecule has 0 saturated heterocycles. The van der Waals surface area contributed by atoms with Crippen molar-refractivity contribution >= 4 is 0 Å². The lowest BCUT2D eigenvalue weighted by atomic mass is 9.89. The number of aliphatic hydroxyl groups excluding tert-OH is 1. The first-order valence-corrected chi connectivity index (χ1v) is 6.39. The zero-order valence-corrected chi connectivity index (χ0v) is 12.2. The lowest BCUT2D eigenvalue weighted by Gasteiger charge is -2.37. The van der Waals surface area contributed by atoms with E-state index in [1.165, 1.54) is 14.2 Å². The second kappa shape index (κ2) is 10.2. The molecule has 0 amide bonds. The summed E-state index contributed by atoms with van der Waals surface area (Å²) in [6, 6.07) is 0. The third kappa shape index (κ3) is 5.10. The highest BCUT2D eigenvalue weighted by Crippen LogP contribution is 2.26. The zero-order chi connectivity index (χ0) is 14.8. The molecule has 7 nitrogen and oxygen atoms in total. The van der Waals surface area contributed by atoms with Gasteiger partial charge in [-0.1, -0.05) is 12.2 Å². The molecule has 1 aliphatic carbocycles. The van der Waals surface area contributed by atoms with E-state index in [1.807, 2.05) is 12.2 Å². The van der Waals surface area contributed by atoms with Crippen molar-refractivity contribution < 1.29 is 33.5 Å². The van der Waals surface area contributed by atoms with E-state index in [4.69, 9.17) is 28.4 Å². The molecule has 0 unspecified atom stereocenters. The summed E-state index contributed by atoms with van der Waals surface area (Å²) in [5.74, 6) is -0.186. The topological polar surface area (TPSA) is 75.6 Å². The molecule has 0 aromatic carbocycles. The molecule has 4 atom stereocenters. The van der Waals surface area contributed by atoms with E-state index in [0.29, 0.717) is 0 Å². The highest BCUT2D eigenvalue weighted by molar-refractivity contribution is 5.08. The Labute approximate surface area is 119 Å². The Balaban J connectivity index is 2.77. The van der Waals surface area contributed by atoms with Gasteiger partial charge in [-0.05, 0) is 0 Å². The molecule has 20 heavy (non-hydrogen) atoms. The Morgan fingerprint density at radius 2 is 1.35 bits per heavy atom. The molecule has 0 bridgehead atoms. The van der Waals surface area contributed by atoms with Crippen molar-refractivity contribution in [2.75, 3.05) is 48.3 Å². The van der Waals surface area contributed by atoms with Crippen LogP contribution in [-0.2, 0) is 28.4 Å². The first-order chi connectivity index (χ1) is 9.78. The number of rotatable bonds is 10. The smallest absolute Gasteiger partial charge is 0.147 e. The standard InChI is InChI=1S/C13H24O7/c1-15-7-18-11-5-4-10(6-14)12(19-8-16-2)13(11)20-9-17-3/h4-5,10-14H,6-9H2,1-3H3/t10-,11+,12-,13-/m1/s1. The molecular formula is C13H24O7. The highest BCUT2D eigenvalue weighted by atomic mass is 16.7. The van der Waals surface area contributed by atoms with Crippen LogP contribution in [-0.4, -0.2) is 71.7 Å². The quantitative estimate of drug-likeness (QED) is 0.453. The van der Waals surface area contributed by atoms with Gasteiger partial charge in [-0.25, -0.2) is 0 Å². The Kier molecular flexibility index (Phi) is 8.95. The number of aliphatic hydroxyl groups is 1. The maximum atomic E-state index is 9.44. The van der Waals surface area contributed by atoms with Crippen molar-refractivity contribution in [3.05, 3.63) is 12.2 Å². The Hall–Kier alpha value is -0.540. The predicted octanol–water partition coefficient (Wildman–Crippen LogP) is 0.132. The summed E-state index contributed by atoms with van der Waals surface area (Å²) in [5.41, 5.74) is 0. The highest BCUT2D eigenvalue weighted by Gasteiger charge is 2.38. The fraction of sp³-hybridized carbons (Fsp3) is 0.846. The molecular weight excluding hydrogens is 268 g/mol. The second-order valence-electron chi connectivity index (χ2n) is 4.34. The van der Waals surface area contributed by atoms with E-state index < -0.39 is 6.10 Å². The molecule has 0 radical (unpaired) electrons. The van der Waals surface area contributed by atoms with E-state index in [2.05, 4.69) is 0 Å². The molecule has 7 heteroatoms. The maximum absolute atomic E-state index is 9.44. The molecule has 0 fully saturated rings. The van der Waals surface area contributed by atoms with Crippen LogP contribution >= 0.6 is 0 Å². The normalized spacial score (nSPS) is 29.8. The average Bonchev–Trinajstić information content (AvgIpc) is 2.48. The molecule has 1 rings (SSSR count). The van der Waals surface area contributed by atoms with Gasteiger partial charge in [0.05, 0.1) is 12.7 Å². The third-order valence-corrected chi connectivity index (χ3v) is 2.96. The third-order valence-electron chi connectivity index (χ3n) is 2.96. The molecule has 1 aliphatic rings. The molecule has 118 valence electrons. The van der Waals surface area contributed by atoms with Crippen molar-refractivity contribution in [3.63, 3.8) is 0 Å². The Morgan fingerprint density at radius 3 is 1.90 bits per heavy atom. The number of methoxy groups -OCH3 is 3. The van der Waals surface area contributed by atoms with Crippen LogP contribution in [0.3, 0.4) is 0 Å². The lowest BCUT2D eigenvalue weighted by molar-refractivity contribution is -0.211. The van der Waals surface area contributed by atoms with Gasteiger partial charge >= 0.3 is 0 Å². The van der Waals surface area contributed by atoms with Gasteiger partial charge in [0, 0.05) is 27.2 Å². The summed E-state index contributed by atoms with van der Waals surface area (Å²) >= 11 is 0. The number of ether oxygens (including phenoxy) is 6. The van der Waals surface area contributed by atoms with Gasteiger partial charge in [0.15, 0.2) is 0 Å². The average molecular weight is 292 g/mol. The summed E-state index contributed by atoms with van der Waals surface area (Å²) in [7, 11) is 4.63. The van der Waals surface area contributed by atoms with E-state index in [-0.39, 0.29) is 45.1 Å². The van der Waals surface area contributed by atoms with Crippen molar-refractivity contribution in [1.82, 2.24) is 0 Å². The Morgan fingerprint density at radius 1 is 0.800 bits per heavy atom. The molecule has 0 aromatic rings. The minimum Gasteiger partial charge on any atom is -0.396 e. The van der Waals surface area contributed by atoms with Gasteiger partial charge in [0.2, 0.25) is 0 Å². The molecule has 0 spiro atoms. The van der Waals surface area contributed by atoms with Gasteiger partial charge in [0.1, 0.15) is 32.6 Å². The van der Waals surface area contributed by atoms with Crippen molar-refractivity contribution in [2.24, 2.45) is 5.92 Å². The van der Waals surface area contributed by atoms with Gasteiger partial charge in [-0.15, -0.1) is 0 Å². The van der Waals surface area contributed by atoms with Crippen LogP contribution in [0.5, 0.6) is 0 Å². The Bertz CT molecular complexity index is 271. The van der Waals surface area contributed by atoms with E-state index in [9.17, 15) is 5.11 Å². The van der Waals surface area contributed by atoms with E-state index in [0.717, 1.165) is 0 Å². The number of hydrogen-bond acceptors (Lipinski definition) is 7. The van der Waals surface area contributed by atoms with E-state index >= 15 is 0 Å². The SMILES string of the molecule is COCO[C@H]1[C@H](OCOC)[C@@H](OCOC)C=C[C@@H]1CO. The summed E-state index contributed by atoms with van der Waals surface area (Å²) in [4.78, 5) is 0. The van der Waals surface area contributed by atoms with Crippen LogP contribution in [0.1, 0.15) is 0 Å². The van der Waals surface area contributed by atoms with Crippen LogP contribution in [0, 0.1) is 5.92 Å². The summed E-state index contributed by atoms with van der Waals surface area (Å²) < 4.78 is 31.6. The van der Waals surface area contributed by atoms with E-state index in [1.54, 1.807) is 7.11 Å². The molecule has 0 heterocycles. The minimum absolute atomic E-state index is 0.0469. The van der Waals surface area contributed by atoms with Crippen LogP contribution in [0.15, 0.2) is 12.2 Å². The zero-order valence-electron chi connectivity index (χ0n) is 12.2. The van der Waals surface area contributed by atoms with Crippen LogP contribution in [0.25, 0.3) is 0 Å². The molecule has 0 aliphatic heterocycles. The van der Waals surface area contributed by atoms with Gasteiger partial charge in [-0.3, -0.25) is 0 Å². The molecule has 1 N–H and O–H groups in total. The van der Waals surface area contributed by atoms with Crippen LogP contribution in [0.4, 0.5) is 0 Å². The summed E-state index contributed by atoms with van der Waals surface area (Å²) in [6.45, 7) is 0.312. The fourth-order valence-electron chi connectivity index (χ4n) is 2.06. The first kappa shape index (κ1) is 17.5. The monoisotopic (exact) mass is 292 g/mol. The van der Waals surface area contributed by atoms with Gasteiger partial charge in [-0.2, -0.15) is 0 Å². The molecule has 0 saturated carbocycles. The minimum atomic E-state index is -0.414. The lowest BCUT2D eigenvalue weighted by Crippen LogP contribution is -2.49. The first-order valence-electron chi connectivity index (χ1n) is 6.39. The van der Waals surface area contributed by atoms with Gasteiger partial charge < -0.3 is 33.5 Å². The largest absolute Gasteiger partial charge is 0.396 e. The van der Waals surface area contributed by atoms with Crippen LogP contribution in [0.2, 0.25) is 0 Å². The van der Waals surface area contributed by atoms with Crippen molar-refractivity contribution in [2.45, 2.75) is 18.3 Å². The summed E-state index contributed by atoms with van der Waals surface area (Å²) in [5, 5.41) is 9.44. The van der Waals surface area contributed by atoms with Crippen molar-refractivity contribution in [1.29, 1.82) is 0 Å². The second-order valence-corrected chi connectivity index (χ2v) is 4.34.